The molecule has 0 bridgehead atoms. The van der Waals surface area contributed by atoms with Crippen molar-refractivity contribution in [2.45, 2.75) is 83.8 Å². The second-order valence-electron chi connectivity index (χ2n) is 14.6. The number of benzene rings is 2. The fraction of sp³-hybridized carbons (Fsp3) is 0.622. The van der Waals surface area contributed by atoms with Crippen LogP contribution in [0.3, 0.4) is 0 Å². The minimum absolute atomic E-state index is 0. The molecule has 6 rings (SSSR count). The van der Waals surface area contributed by atoms with Crippen LogP contribution in [0.15, 0.2) is 36.4 Å². The molecule has 0 unspecified atom stereocenters. The number of likely N-dealkylation sites (tertiary alicyclic amines) is 1. The number of ether oxygens (including phenoxy) is 2. The van der Waals surface area contributed by atoms with E-state index in [2.05, 4.69) is 60.6 Å². The summed E-state index contributed by atoms with van der Waals surface area (Å²) in [5, 5.41) is 16.4. The summed E-state index contributed by atoms with van der Waals surface area (Å²) in [6.07, 6.45) is 7.49. The Balaban J connectivity index is 0.00000250. The van der Waals surface area contributed by atoms with Gasteiger partial charge in [0.15, 0.2) is 0 Å². The summed E-state index contributed by atoms with van der Waals surface area (Å²) in [6, 6.07) is 14.3. The normalized spacial score (nSPS) is 23.7. The van der Waals surface area contributed by atoms with E-state index in [1.54, 1.807) is 0 Å². The van der Waals surface area contributed by atoms with E-state index in [9.17, 15) is 10.1 Å². The van der Waals surface area contributed by atoms with Crippen LogP contribution < -0.4 is 25.0 Å². The van der Waals surface area contributed by atoms with Crippen molar-refractivity contribution in [1.82, 2.24) is 15.5 Å². The lowest BCUT2D eigenvalue weighted by molar-refractivity contribution is 0.0595. The van der Waals surface area contributed by atoms with Gasteiger partial charge in [-0.2, -0.15) is 5.26 Å². The number of piperidine rings is 1. The van der Waals surface area contributed by atoms with Crippen molar-refractivity contribution in [3.05, 3.63) is 53.1 Å². The Morgan fingerprint density at radius 2 is 1.55 bits per heavy atom. The molecule has 2 aromatic carbocycles. The second-order valence-corrected chi connectivity index (χ2v) is 14.6. The van der Waals surface area contributed by atoms with Gasteiger partial charge in [-0.15, -0.1) is 24.8 Å². The van der Waals surface area contributed by atoms with E-state index in [-0.39, 0.29) is 42.9 Å². The van der Waals surface area contributed by atoms with Crippen molar-refractivity contribution in [1.29, 1.82) is 5.26 Å². The third kappa shape index (κ3) is 9.26. The molecule has 258 valence electrons. The summed E-state index contributed by atoms with van der Waals surface area (Å²) >= 11 is 0. The van der Waals surface area contributed by atoms with Gasteiger partial charge >= 0.3 is 0 Å². The highest BCUT2D eigenvalue weighted by atomic mass is 35.5. The Labute approximate surface area is 293 Å². The summed E-state index contributed by atoms with van der Waals surface area (Å²) in [7, 11) is 0. The highest BCUT2D eigenvalue weighted by Gasteiger charge is 2.33. The maximum Gasteiger partial charge on any atom is 0.253 e. The fourth-order valence-electron chi connectivity index (χ4n) is 7.66. The van der Waals surface area contributed by atoms with Crippen molar-refractivity contribution < 1.29 is 14.3 Å². The van der Waals surface area contributed by atoms with E-state index >= 15 is 0 Å². The number of carbonyl (C=O) groups is 1. The van der Waals surface area contributed by atoms with Gasteiger partial charge in [0.05, 0.1) is 11.6 Å². The molecule has 0 radical (unpaired) electrons. The van der Waals surface area contributed by atoms with Crippen LogP contribution in [0.2, 0.25) is 0 Å². The van der Waals surface area contributed by atoms with Crippen LogP contribution in [-0.2, 0) is 0 Å². The number of nitriles is 1. The molecule has 0 spiro atoms. The lowest BCUT2D eigenvalue weighted by Crippen LogP contribution is -2.43. The first-order valence-electron chi connectivity index (χ1n) is 17.2. The molecule has 3 aliphatic heterocycles. The number of piperazine rings is 1. The fourth-order valence-corrected chi connectivity index (χ4v) is 7.66. The van der Waals surface area contributed by atoms with E-state index < -0.39 is 0 Å². The Kier molecular flexibility index (Phi) is 13.1. The van der Waals surface area contributed by atoms with E-state index in [1.165, 1.54) is 18.4 Å². The minimum atomic E-state index is 0. The maximum absolute atomic E-state index is 13.8. The smallest absolute Gasteiger partial charge is 0.253 e. The average Bonchev–Trinajstić information content (AvgIpc) is 3.58. The van der Waals surface area contributed by atoms with Gasteiger partial charge < -0.3 is 29.9 Å². The second kappa shape index (κ2) is 16.6. The van der Waals surface area contributed by atoms with Gasteiger partial charge in [0.1, 0.15) is 23.7 Å². The molecule has 1 atom stereocenters. The third-order valence-corrected chi connectivity index (χ3v) is 10.5. The number of carbonyl (C=O) groups excluding carboxylic acids is 1. The molecule has 47 heavy (non-hydrogen) atoms. The number of anilines is 1. The van der Waals surface area contributed by atoms with Crippen molar-refractivity contribution >= 4 is 36.4 Å². The minimum Gasteiger partial charge on any atom is -0.490 e. The van der Waals surface area contributed by atoms with E-state index in [1.807, 2.05) is 23.1 Å². The van der Waals surface area contributed by atoms with Gasteiger partial charge in [0.25, 0.3) is 5.91 Å². The number of hydrogen-bond donors (Lipinski definition) is 2. The molecular formula is C37H53Cl2N5O3. The predicted molar refractivity (Wildman–Crippen MR) is 193 cm³/mol. The number of rotatable bonds is 7. The van der Waals surface area contributed by atoms with E-state index in [0.717, 1.165) is 100 Å². The van der Waals surface area contributed by atoms with Crippen LogP contribution in [0, 0.1) is 22.7 Å². The molecule has 4 aliphatic rings. The monoisotopic (exact) mass is 685 g/mol. The quantitative estimate of drug-likeness (QED) is 0.341. The summed E-state index contributed by atoms with van der Waals surface area (Å²) < 4.78 is 13.0. The first-order valence-corrected chi connectivity index (χ1v) is 17.2. The summed E-state index contributed by atoms with van der Waals surface area (Å²) in [4.78, 5) is 18.1. The molecule has 1 amide bonds. The standard InChI is InChI=1S/C37H51N5O3.2ClH/c1-37(2,3)29-7-4-27(5-8-29)34-22-28(6-9-35(34)45-32-10-13-40-25-32)36(43)42-16-11-31(12-17-42)44-33-21-26(24-38)20-30(23-33)41-18-14-39-15-19-41;;/h6,9,20-23,27,29,31-32,39-40H,4-5,7-8,10-19,25H2,1-3H3;2*1H/t27-,29-,32-;;/m0../s1. The van der Waals surface area contributed by atoms with Crippen LogP contribution in [0.1, 0.15) is 93.1 Å². The van der Waals surface area contributed by atoms with Gasteiger partial charge in [0, 0.05) is 76.0 Å². The topological polar surface area (TPSA) is 89.9 Å². The largest absolute Gasteiger partial charge is 0.490 e. The molecule has 1 aliphatic carbocycles. The number of nitrogens with zero attached hydrogens (tertiary/aromatic N) is 3. The SMILES string of the molecule is CC(C)(C)[C@H]1CC[C@H](c2cc(C(=O)N3CCC(Oc4cc(C#N)cc(N5CCNCC5)c4)CC3)ccc2O[C@H]2CCNC2)CC1.Cl.Cl. The summed E-state index contributed by atoms with van der Waals surface area (Å²) in [5.41, 5.74) is 3.97. The molecule has 3 saturated heterocycles. The average molecular weight is 687 g/mol. The number of nitrogens with one attached hydrogen (secondary N) is 2. The summed E-state index contributed by atoms with van der Waals surface area (Å²) in [6.45, 7) is 14.0. The first kappa shape index (κ1) is 37.1. The predicted octanol–water partition coefficient (Wildman–Crippen LogP) is 6.56. The Morgan fingerprint density at radius 3 is 2.19 bits per heavy atom. The zero-order chi connectivity index (χ0) is 31.4. The maximum atomic E-state index is 13.8. The Morgan fingerprint density at radius 1 is 0.830 bits per heavy atom. The molecule has 0 aromatic heterocycles. The highest BCUT2D eigenvalue weighted by molar-refractivity contribution is 5.94. The van der Waals surface area contributed by atoms with Crippen LogP contribution in [0.4, 0.5) is 5.69 Å². The van der Waals surface area contributed by atoms with Gasteiger partial charge in [-0.05, 0) is 91.8 Å². The zero-order valence-electron chi connectivity index (χ0n) is 28.3. The molecule has 10 heteroatoms. The Bertz CT molecular complexity index is 1370. The van der Waals surface area contributed by atoms with Gasteiger partial charge in [-0.25, -0.2) is 0 Å². The molecule has 3 heterocycles. The molecule has 2 aromatic rings. The first-order chi connectivity index (χ1) is 21.8. The number of halogens is 2. The zero-order valence-corrected chi connectivity index (χ0v) is 29.9. The third-order valence-electron chi connectivity index (χ3n) is 10.5. The molecule has 4 fully saturated rings. The van der Waals surface area contributed by atoms with Crippen molar-refractivity contribution in [2.24, 2.45) is 11.3 Å². The van der Waals surface area contributed by atoms with Crippen LogP contribution >= 0.6 is 24.8 Å². The van der Waals surface area contributed by atoms with E-state index in [0.29, 0.717) is 30.0 Å². The van der Waals surface area contributed by atoms with Crippen molar-refractivity contribution in [2.75, 3.05) is 57.3 Å². The summed E-state index contributed by atoms with van der Waals surface area (Å²) in [5.74, 6) is 2.97. The van der Waals surface area contributed by atoms with Gasteiger partial charge in [0.2, 0.25) is 0 Å². The molecule has 8 nitrogen and oxygen atoms in total. The molecule has 2 N–H and O–H groups in total. The van der Waals surface area contributed by atoms with Crippen LogP contribution in [-0.4, -0.2) is 75.4 Å². The molecule has 1 saturated carbocycles. The lowest BCUT2D eigenvalue weighted by Gasteiger charge is -2.37. The van der Waals surface area contributed by atoms with Crippen molar-refractivity contribution in [3.8, 4) is 17.6 Å². The van der Waals surface area contributed by atoms with Crippen LogP contribution in [0.5, 0.6) is 11.5 Å². The lowest BCUT2D eigenvalue weighted by atomic mass is 9.68. The van der Waals surface area contributed by atoms with Crippen LogP contribution in [0.25, 0.3) is 0 Å². The Hall–Kier alpha value is -2.70. The van der Waals surface area contributed by atoms with Crippen molar-refractivity contribution in [3.63, 3.8) is 0 Å². The van der Waals surface area contributed by atoms with Gasteiger partial charge in [-0.3, -0.25) is 4.79 Å². The molecular weight excluding hydrogens is 633 g/mol. The highest BCUT2D eigenvalue weighted by Crippen LogP contribution is 2.45. The number of amides is 1. The van der Waals surface area contributed by atoms with Gasteiger partial charge in [-0.1, -0.05) is 20.8 Å². The number of hydrogen-bond acceptors (Lipinski definition) is 7. The van der Waals surface area contributed by atoms with E-state index in [4.69, 9.17) is 9.47 Å².